The van der Waals surface area contributed by atoms with Crippen LogP contribution in [0.4, 0.5) is 19.0 Å². The molecule has 0 saturated carbocycles. The van der Waals surface area contributed by atoms with Crippen LogP contribution < -0.4 is 15.4 Å². The van der Waals surface area contributed by atoms with Crippen molar-refractivity contribution < 1.29 is 27.5 Å². The van der Waals surface area contributed by atoms with Crippen molar-refractivity contribution in [1.82, 2.24) is 15.3 Å². The molecule has 1 unspecified atom stereocenters. The van der Waals surface area contributed by atoms with Gasteiger partial charge in [-0.25, -0.2) is 9.97 Å². The van der Waals surface area contributed by atoms with Crippen LogP contribution in [0.5, 0.6) is 5.88 Å². The van der Waals surface area contributed by atoms with Crippen LogP contribution in [0.3, 0.4) is 0 Å². The third-order valence-electron chi connectivity index (χ3n) is 3.85. The number of aromatic nitrogens is 2. The average molecular weight is 445 g/mol. The number of anilines is 1. The Hall–Kier alpha value is -2.88. The number of rotatable bonds is 7. The van der Waals surface area contributed by atoms with Crippen LogP contribution in [0.25, 0.3) is 0 Å². The van der Waals surface area contributed by atoms with Gasteiger partial charge in [0.25, 0.3) is 5.91 Å². The molecular weight excluding hydrogens is 425 g/mol. The lowest BCUT2D eigenvalue weighted by Gasteiger charge is -2.16. The van der Waals surface area contributed by atoms with Gasteiger partial charge in [0.1, 0.15) is 10.8 Å². The van der Waals surface area contributed by atoms with Crippen molar-refractivity contribution in [3.8, 4) is 5.88 Å². The predicted molar refractivity (Wildman–Crippen MR) is 104 cm³/mol. The molecule has 0 saturated heterocycles. The Morgan fingerprint density at radius 3 is 2.50 bits per heavy atom. The summed E-state index contributed by atoms with van der Waals surface area (Å²) < 4.78 is 41.3. The zero-order valence-corrected chi connectivity index (χ0v) is 17.1. The lowest BCUT2D eigenvalue weighted by molar-refractivity contribution is -0.154. The minimum absolute atomic E-state index is 0.111. The summed E-state index contributed by atoms with van der Waals surface area (Å²) in [4.78, 5) is 32.1. The van der Waals surface area contributed by atoms with E-state index in [2.05, 4.69) is 25.3 Å². The molecular formula is C19H20ClF3N4O3. The van der Waals surface area contributed by atoms with Gasteiger partial charge in [-0.05, 0) is 30.7 Å². The van der Waals surface area contributed by atoms with Gasteiger partial charge < -0.3 is 15.4 Å². The van der Waals surface area contributed by atoms with Crippen LogP contribution in [0.15, 0.2) is 30.6 Å². The molecule has 11 heteroatoms. The minimum Gasteiger partial charge on any atom is -0.467 e. The first-order valence-corrected chi connectivity index (χ1v) is 9.27. The summed E-state index contributed by atoms with van der Waals surface area (Å²) in [6.07, 6.45) is -1.85. The molecule has 2 rings (SSSR count). The topological polar surface area (TPSA) is 93.2 Å². The van der Waals surface area contributed by atoms with E-state index in [-0.39, 0.29) is 34.1 Å². The summed E-state index contributed by atoms with van der Waals surface area (Å²) in [6, 6.07) is 3.72. The second kappa shape index (κ2) is 9.75. The highest BCUT2D eigenvalue weighted by Gasteiger charge is 2.29. The van der Waals surface area contributed by atoms with Crippen LogP contribution in [0.2, 0.25) is 5.02 Å². The van der Waals surface area contributed by atoms with Crippen molar-refractivity contribution in [3.05, 3.63) is 46.7 Å². The zero-order valence-electron chi connectivity index (χ0n) is 16.4. The molecule has 0 aliphatic rings. The van der Waals surface area contributed by atoms with Gasteiger partial charge in [-0.1, -0.05) is 25.4 Å². The van der Waals surface area contributed by atoms with Crippen molar-refractivity contribution in [1.29, 1.82) is 0 Å². The molecule has 162 valence electrons. The van der Waals surface area contributed by atoms with Crippen molar-refractivity contribution >= 4 is 29.2 Å². The summed E-state index contributed by atoms with van der Waals surface area (Å²) in [7, 11) is 0. The van der Waals surface area contributed by atoms with Gasteiger partial charge in [0, 0.05) is 23.9 Å². The molecule has 2 aromatic rings. The number of pyridine rings is 2. The fraction of sp³-hybridized carbons (Fsp3) is 0.368. The number of nitrogens with one attached hydrogen (secondary N) is 2. The highest BCUT2D eigenvalue weighted by Crippen LogP contribution is 2.27. The standard InChI is InChI=1S/C19H20ClF3N4O3/c1-10(2)16(28)27-15-7-12(4-5-24-15)17(29)26-11(3)13-6-14(20)18(25-8-13)30-9-19(21,22)23/h4-8,10-11H,9H2,1-3H3,(H,26,29)(H,24,27,28). The number of carbonyl (C=O) groups excluding carboxylic acids is 2. The lowest BCUT2D eigenvalue weighted by Crippen LogP contribution is -2.27. The van der Waals surface area contributed by atoms with Crippen molar-refractivity contribution in [2.24, 2.45) is 5.92 Å². The molecule has 1 atom stereocenters. The normalized spacial score (nSPS) is 12.4. The van der Waals surface area contributed by atoms with E-state index in [1.165, 1.54) is 30.6 Å². The van der Waals surface area contributed by atoms with E-state index in [0.29, 0.717) is 5.56 Å². The van der Waals surface area contributed by atoms with Gasteiger partial charge in [-0.15, -0.1) is 0 Å². The smallest absolute Gasteiger partial charge is 0.422 e. The molecule has 7 nitrogen and oxygen atoms in total. The summed E-state index contributed by atoms with van der Waals surface area (Å²) >= 11 is 5.93. The van der Waals surface area contributed by atoms with E-state index in [0.717, 1.165) is 0 Å². The number of carbonyl (C=O) groups is 2. The number of nitrogens with zero attached hydrogens (tertiary/aromatic N) is 2. The first-order valence-electron chi connectivity index (χ1n) is 8.89. The van der Waals surface area contributed by atoms with E-state index < -0.39 is 24.7 Å². The highest BCUT2D eigenvalue weighted by atomic mass is 35.5. The molecule has 0 aromatic carbocycles. The average Bonchev–Trinajstić information content (AvgIpc) is 2.66. The van der Waals surface area contributed by atoms with Gasteiger partial charge in [-0.3, -0.25) is 9.59 Å². The quantitative estimate of drug-likeness (QED) is 0.669. The number of halogens is 4. The third-order valence-corrected chi connectivity index (χ3v) is 4.12. The number of hydrogen-bond acceptors (Lipinski definition) is 5. The predicted octanol–water partition coefficient (Wildman–Crippen LogP) is 4.16. The Balaban J connectivity index is 2.05. The minimum atomic E-state index is -4.51. The Bertz CT molecular complexity index is 922. The zero-order chi connectivity index (χ0) is 22.5. The fourth-order valence-electron chi connectivity index (χ4n) is 2.21. The second-order valence-corrected chi connectivity index (χ2v) is 7.14. The van der Waals surface area contributed by atoms with Crippen LogP contribution in [-0.2, 0) is 4.79 Å². The maximum Gasteiger partial charge on any atom is 0.422 e. The SMILES string of the molecule is CC(C)C(=O)Nc1cc(C(=O)NC(C)c2cnc(OCC(F)(F)F)c(Cl)c2)ccn1. The van der Waals surface area contributed by atoms with Gasteiger partial charge in [0.15, 0.2) is 6.61 Å². The summed E-state index contributed by atoms with van der Waals surface area (Å²) in [5.74, 6) is -1.04. The Kier molecular flexibility index (Phi) is 7.60. The summed E-state index contributed by atoms with van der Waals surface area (Å²) in [5.41, 5.74) is 0.732. The van der Waals surface area contributed by atoms with Crippen LogP contribution >= 0.6 is 11.6 Å². The molecule has 0 aliphatic heterocycles. The van der Waals surface area contributed by atoms with Crippen molar-refractivity contribution in [2.75, 3.05) is 11.9 Å². The molecule has 2 amide bonds. The van der Waals surface area contributed by atoms with E-state index in [1.54, 1.807) is 20.8 Å². The van der Waals surface area contributed by atoms with Gasteiger partial charge in [0.05, 0.1) is 6.04 Å². The maximum atomic E-state index is 12.5. The van der Waals surface area contributed by atoms with Gasteiger partial charge in [0.2, 0.25) is 11.8 Å². The van der Waals surface area contributed by atoms with Gasteiger partial charge >= 0.3 is 6.18 Å². The molecule has 0 bridgehead atoms. The first-order chi connectivity index (χ1) is 14.0. The van der Waals surface area contributed by atoms with Crippen LogP contribution in [0.1, 0.15) is 42.7 Å². The summed E-state index contributed by atoms with van der Waals surface area (Å²) in [6.45, 7) is 3.60. The number of amides is 2. The molecule has 0 aliphatic carbocycles. The molecule has 0 fully saturated rings. The van der Waals surface area contributed by atoms with Crippen molar-refractivity contribution in [3.63, 3.8) is 0 Å². The molecule has 30 heavy (non-hydrogen) atoms. The fourth-order valence-corrected chi connectivity index (χ4v) is 2.44. The molecule has 0 spiro atoms. The molecule has 2 aromatic heterocycles. The molecule has 0 radical (unpaired) electrons. The van der Waals surface area contributed by atoms with E-state index in [1.807, 2.05) is 0 Å². The molecule has 2 heterocycles. The Morgan fingerprint density at radius 1 is 1.20 bits per heavy atom. The number of alkyl halides is 3. The lowest BCUT2D eigenvalue weighted by atomic mass is 10.1. The number of ether oxygens (including phenoxy) is 1. The second-order valence-electron chi connectivity index (χ2n) is 6.73. The maximum absolute atomic E-state index is 12.5. The Labute approximate surface area is 176 Å². The first kappa shape index (κ1) is 23.4. The largest absolute Gasteiger partial charge is 0.467 e. The van der Waals surface area contributed by atoms with Crippen LogP contribution in [-0.4, -0.2) is 34.6 Å². The molecule has 2 N–H and O–H groups in total. The van der Waals surface area contributed by atoms with E-state index in [9.17, 15) is 22.8 Å². The van der Waals surface area contributed by atoms with E-state index >= 15 is 0 Å². The van der Waals surface area contributed by atoms with Gasteiger partial charge in [-0.2, -0.15) is 13.2 Å². The van der Waals surface area contributed by atoms with Crippen LogP contribution in [0, 0.1) is 5.92 Å². The Morgan fingerprint density at radius 2 is 1.90 bits per heavy atom. The number of hydrogen-bond donors (Lipinski definition) is 2. The highest BCUT2D eigenvalue weighted by molar-refractivity contribution is 6.31. The monoisotopic (exact) mass is 444 g/mol. The van der Waals surface area contributed by atoms with Crippen molar-refractivity contribution in [2.45, 2.75) is 33.0 Å². The summed E-state index contributed by atoms with van der Waals surface area (Å²) in [5, 5.41) is 5.22. The third kappa shape index (κ3) is 6.87. The van der Waals surface area contributed by atoms with E-state index in [4.69, 9.17) is 11.6 Å².